The highest BCUT2D eigenvalue weighted by molar-refractivity contribution is 5.86. The molecule has 0 aliphatic rings. The van der Waals surface area contributed by atoms with Gasteiger partial charge in [-0.15, -0.1) is 0 Å². The zero-order chi connectivity index (χ0) is 17.1. The van der Waals surface area contributed by atoms with E-state index in [2.05, 4.69) is 5.32 Å². The molecule has 10 heteroatoms. The number of carbonyl (C=O) groups excluding carboxylic acids is 1. The molecule has 0 aromatic rings. The third-order valence-electron chi connectivity index (χ3n) is 2.80. The highest BCUT2D eigenvalue weighted by atomic mass is 16.4. The topological polar surface area (TPSA) is 179 Å². The highest BCUT2D eigenvalue weighted by Crippen LogP contribution is 2.02. The van der Waals surface area contributed by atoms with Crippen molar-refractivity contribution in [1.29, 1.82) is 0 Å². The summed E-state index contributed by atoms with van der Waals surface area (Å²) in [4.78, 5) is 44.0. The molecule has 0 saturated carbocycles. The number of rotatable bonds is 11. The van der Waals surface area contributed by atoms with Gasteiger partial charge in [-0.05, 0) is 32.2 Å². The lowest BCUT2D eigenvalue weighted by Crippen LogP contribution is -2.51. The zero-order valence-corrected chi connectivity index (χ0v) is 11.9. The number of carboxylic acids is 3. The van der Waals surface area contributed by atoms with E-state index in [4.69, 9.17) is 21.1 Å². The molecule has 0 aliphatic heterocycles. The molecule has 22 heavy (non-hydrogen) atoms. The molecule has 0 aliphatic carbocycles. The largest absolute Gasteiger partial charge is 0.481 e. The second kappa shape index (κ2) is 10.4. The Morgan fingerprint density at radius 2 is 1.36 bits per heavy atom. The molecule has 126 valence electrons. The van der Waals surface area contributed by atoms with Crippen LogP contribution >= 0.6 is 0 Å². The Kier molecular flexibility index (Phi) is 9.27. The molecular formula is C12H21N3O7. The lowest BCUT2D eigenvalue weighted by Gasteiger charge is -2.18. The van der Waals surface area contributed by atoms with Crippen LogP contribution in [0, 0.1) is 0 Å². The van der Waals surface area contributed by atoms with E-state index in [0.717, 1.165) is 0 Å². The van der Waals surface area contributed by atoms with Crippen LogP contribution in [0.1, 0.15) is 32.1 Å². The van der Waals surface area contributed by atoms with E-state index in [9.17, 15) is 19.2 Å². The number of nitrogens with two attached hydrogens (primary N) is 1. The van der Waals surface area contributed by atoms with Crippen LogP contribution in [0.3, 0.4) is 0 Å². The minimum absolute atomic E-state index is 0.160. The van der Waals surface area contributed by atoms with Crippen molar-refractivity contribution in [2.45, 2.75) is 44.2 Å². The Bertz CT molecular complexity index is 414. The maximum absolute atomic E-state index is 11.6. The fourth-order valence-corrected chi connectivity index (χ4v) is 1.63. The third-order valence-corrected chi connectivity index (χ3v) is 2.80. The van der Waals surface area contributed by atoms with Crippen molar-refractivity contribution in [3.8, 4) is 0 Å². The van der Waals surface area contributed by atoms with Crippen LogP contribution in [0.2, 0.25) is 0 Å². The van der Waals surface area contributed by atoms with Gasteiger partial charge in [-0.3, -0.25) is 4.79 Å². The number of hydrogen-bond donors (Lipinski definition) is 6. The van der Waals surface area contributed by atoms with Gasteiger partial charge in [0.2, 0.25) is 0 Å². The fourth-order valence-electron chi connectivity index (χ4n) is 1.63. The van der Waals surface area contributed by atoms with Crippen LogP contribution in [0.15, 0.2) is 0 Å². The average Bonchev–Trinajstić information content (AvgIpc) is 2.41. The Morgan fingerprint density at radius 3 is 1.77 bits per heavy atom. The summed E-state index contributed by atoms with van der Waals surface area (Å²) in [5.41, 5.74) is 5.29. The quantitative estimate of drug-likeness (QED) is 0.267. The molecule has 0 heterocycles. The SMILES string of the molecule is NCCCC[C@H](NC(=O)NC(CCC(=O)O)C(=O)O)C(=O)O. The molecule has 0 rings (SSSR count). The molecule has 2 amide bonds. The summed E-state index contributed by atoms with van der Waals surface area (Å²) in [6, 6.07) is -3.55. The lowest BCUT2D eigenvalue weighted by atomic mass is 10.1. The van der Waals surface area contributed by atoms with E-state index in [1.54, 1.807) is 0 Å². The summed E-state index contributed by atoms with van der Waals surface area (Å²) in [6.45, 7) is 0.398. The number of unbranched alkanes of at least 4 members (excludes halogenated alkanes) is 1. The molecule has 0 fully saturated rings. The predicted octanol–water partition coefficient (Wildman–Crippen LogP) is -0.814. The molecule has 2 atom stereocenters. The highest BCUT2D eigenvalue weighted by Gasteiger charge is 2.24. The molecule has 10 nitrogen and oxygen atoms in total. The van der Waals surface area contributed by atoms with Crippen LogP contribution in [0.5, 0.6) is 0 Å². The summed E-state index contributed by atoms with van der Waals surface area (Å²) < 4.78 is 0. The summed E-state index contributed by atoms with van der Waals surface area (Å²) in [5, 5.41) is 30.6. The van der Waals surface area contributed by atoms with E-state index >= 15 is 0 Å². The van der Waals surface area contributed by atoms with Crippen molar-refractivity contribution in [3.05, 3.63) is 0 Å². The first-order valence-corrected chi connectivity index (χ1v) is 6.72. The van der Waals surface area contributed by atoms with Crippen molar-refractivity contribution >= 4 is 23.9 Å². The predicted molar refractivity (Wildman–Crippen MR) is 74.3 cm³/mol. The Hall–Kier alpha value is -2.36. The third kappa shape index (κ3) is 8.74. The van der Waals surface area contributed by atoms with Crippen molar-refractivity contribution < 1.29 is 34.5 Å². The number of nitrogens with one attached hydrogen (secondary N) is 2. The number of aliphatic carboxylic acids is 3. The van der Waals surface area contributed by atoms with E-state index in [-0.39, 0.29) is 12.8 Å². The van der Waals surface area contributed by atoms with E-state index in [1.165, 1.54) is 0 Å². The molecule has 7 N–H and O–H groups in total. The van der Waals surface area contributed by atoms with Gasteiger partial charge < -0.3 is 31.7 Å². The molecular weight excluding hydrogens is 298 g/mol. The maximum atomic E-state index is 11.6. The van der Waals surface area contributed by atoms with Gasteiger partial charge in [-0.2, -0.15) is 0 Å². The number of carboxylic acid groups (broad SMARTS) is 3. The molecule has 0 saturated heterocycles. The van der Waals surface area contributed by atoms with Crippen LogP contribution in [-0.2, 0) is 14.4 Å². The molecule has 1 unspecified atom stereocenters. The van der Waals surface area contributed by atoms with Crippen molar-refractivity contribution in [3.63, 3.8) is 0 Å². The van der Waals surface area contributed by atoms with Crippen molar-refractivity contribution in [2.24, 2.45) is 5.73 Å². The van der Waals surface area contributed by atoms with Crippen molar-refractivity contribution in [2.75, 3.05) is 6.54 Å². The minimum Gasteiger partial charge on any atom is -0.481 e. The number of amides is 2. The molecule has 0 spiro atoms. The van der Waals surface area contributed by atoms with Crippen LogP contribution in [-0.4, -0.2) is 57.9 Å². The lowest BCUT2D eigenvalue weighted by molar-refractivity contribution is -0.140. The number of carbonyl (C=O) groups is 4. The van der Waals surface area contributed by atoms with Crippen LogP contribution < -0.4 is 16.4 Å². The fraction of sp³-hybridized carbons (Fsp3) is 0.667. The average molecular weight is 319 g/mol. The van der Waals surface area contributed by atoms with Crippen molar-refractivity contribution in [1.82, 2.24) is 10.6 Å². The van der Waals surface area contributed by atoms with Gasteiger partial charge in [0.15, 0.2) is 0 Å². The van der Waals surface area contributed by atoms with Gasteiger partial charge in [0.05, 0.1) is 0 Å². The maximum Gasteiger partial charge on any atom is 0.326 e. The normalized spacial score (nSPS) is 13.0. The summed E-state index contributed by atoms with van der Waals surface area (Å²) in [7, 11) is 0. The Labute approximate surface area is 126 Å². The van der Waals surface area contributed by atoms with Gasteiger partial charge in [0.1, 0.15) is 12.1 Å². The van der Waals surface area contributed by atoms with Gasteiger partial charge in [-0.25, -0.2) is 14.4 Å². The summed E-state index contributed by atoms with van der Waals surface area (Å²) >= 11 is 0. The van der Waals surface area contributed by atoms with E-state index in [0.29, 0.717) is 19.4 Å². The first kappa shape index (κ1) is 19.6. The first-order valence-electron chi connectivity index (χ1n) is 6.72. The molecule has 0 aromatic heterocycles. The number of urea groups is 1. The second-order valence-electron chi connectivity index (χ2n) is 4.62. The molecule has 0 aromatic carbocycles. The Balaban J connectivity index is 4.47. The molecule has 0 radical (unpaired) electrons. The summed E-state index contributed by atoms with van der Waals surface area (Å²) in [5.74, 6) is -3.84. The van der Waals surface area contributed by atoms with E-state index in [1.807, 2.05) is 5.32 Å². The van der Waals surface area contributed by atoms with Gasteiger partial charge in [0.25, 0.3) is 0 Å². The smallest absolute Gasteiger partial charge is 0.326 e. The molecule has 0 bridgehead atoms. The van der Waals surface area contributed by atoms with Crippen LogP contribution in [0.25, 0.3) is 0 Å². The van der Waals surface area contributed by atoms with Gasteiger partial charge in [0, 0.05) is 6.42 Å². The monoisotopic (exact) mass is 319 g/mol. The zero-order valence-electron chi connectivity index (χ0n) is 11.9. The second-order valence-corrected chi connectivity index (χ2v) is 4.62. The standard InChI is InChI=1S/C12H21N3O7/c13-6-2-1-3-7(10(18)19)14-12(22)15-8(11(20)21)4-5-9(16)17/h7-8H,1-6,13H2,(H,16,17)(H,18,19)(H,20,21)(H2,14,15,22)/t7-,8?/m0/s1. The van der Waals surface area contributed by atoms with Gasteiger partial charge >= 0.3 is 23.9 Å². The van der Waals surface area contributed by atoms with Crippen LogP contribution in [0.4, 0.5) is 4.79 Å². The summed E-state index contributed by atoms with van der Waals surface area (Å²) in [6.07, 6.45) is 0.518. The first-order chi connectivity index (χ1) is 10.3. The number of hydrogen-bond acceptors (Lipinski definition) is 5. The minimum atomic E-state index is -1.41. The van der Waals surface area contributed by atoms with E-state index < -0.39 is 42.4 Å². The Morgan fingerprint density at radius 1 is 0.864 bits per heavy atom. The van der Waals surface area contributed by atoms with Gasteiger partial charge in [-0.1, -0.05) is 0 Å².